The predicted molar refractivity (Wildman–Crippen MR) is 81.6 cm³/mol. The molecule has 2 heterocycles. The van der Waals surface area contributed by atoms with E-state index >= 15 is 0 Å². The van der Waals surface area contributed by atoms with Crippen molar-refractivity contribution in [3.63, 3.8) is 0 Å². The number of nitrogens with zero attached hydrogens (tertiary/aromatic N) is 2. The average Bonchev–Trinajstić information content (AvgIpc) is 2.92. The van der Waals surface area contributed by atoms with Crippen molar-refractivity contribution >= 4 is 6.21 Å². The highest BCUT2D eigenvalue weighted by molar-refractivity contribution is 5.78. The first-order valence-corrected chi connectivity index (χ1v) is 7.60. The van der Waals surface area contributed by atoms with Gasteiger partial charge in [0.25, 0.3) is 0 Å². The number of hydrogen-bond acceptors (Lipinski definition) is 2. The van der Waals surface area contributed by atoms with E-state index in [2.05, 4.69) is 41.1 Å². The van der Waals surface area contributed by atoms with E-state index in [-0.39, 0.29) is 0 Å². The molecular weight excluding hydrogens is 232 g/mol. The molecule has 2 unspecified atom stereocenters. The van der Waals surface area contributed by atoms with E-state index < -0.39 is 0 Å². The minimum Gasteiger partial charge on any atom is -0.303 e. The van der Waals surface area contributed by atoms with Crippen LogP contribution in [-0.4, -0.2) is 37.3 Å². The summed E-state index contributed by atoms with van der Waals surface area (Å²) in [5, 5.41) is 0. The van der Waals surface area contributed by atoms with Crippen molar-refractivity contribution in [2.75, 3.05) is 26.2 Å². The largest absolute Gasteiger partial charge is 0.303 e. The summed E-state index contributed by atoms with van der Waals surface area (Å²) in [5.41, 5.74) is 2.76. The van der Waals surface area contributed by atoms with Gasteiger partial charge in [0.15, 0.2) is 0 Å². The van der Waals surface area contributed by atoms with Crippen molar-refractivity contribution in [2.45, 2.75) is 26.2 Å². The minimum atomic E-state index is 0.508. The summed E-state index contributed by atoms with van der Waals surface area (Å²) in [6.45, 7) is 6.92. The molecule has 2 heteroatoms. The van der Waals surface area contributed by atoms with Crippen LogP contribution in [0.1, 0.15) is 26.2 Å². The summed E-state index contributed by atoms with van der Waals surface area (Å²) in [6, 6.07) is 0. The van der Waals surface area contributed by atoms with Gasteiger partial charge in [-0.1, -0.05) is 24.3 Å². The lowest BCUT2D eigenvalue weighted by atomic mass is 9.87. The molecule has 19 heavy (non-hydrogen) atoms. The normalized spacial score (nSPS) is 31.4. The van der Waals surface area contributed by atoms with Crippen LogP contribution in [0.25, 0.3) is 0 Å². The van der Waals surface area contributed by atoms with E-state index in [1.807, 2.05) is 6.21 Å². The van der Waals surface area contributed by atoms with E-state index in [0.29, 0.717) is 5.92 Å². The van der Waals surface area contributed by atoms with E-state index in [9.17, 15) is 0 Å². The highest BCUT2D eigenvalue weighted by atomic mass is 15.1. The van der Waals surface area contributed by atoms with Gasteiger partial charge in [0, 0.05) is 25.2 Å². The lowest BCUT2D eigenvalue weighted by molar-refractivity contribution is 0.302. The standard InChI is InChI=1S/C17H24N2/c1-14-10-17(12-18-11-14)16-6-4-15(5-7-16)13-19-8-2-3-9-19/h4,6-7,10-11,15,17H,2-3,5,8-9,12-13H2,1H3. The summed E-state index contributed by atoms with van der Waals surface area (Å²) in [4.78, 5) is 7.05. The molecule has 2 atom stereocenters. The lowest BCUT2D eigenvalue weighted by Gasteiger charge is -2.24. The van der Waals surface area contributed by atoms with Gasteiger partial charge in [0.1, 0.15) is 0 Å². The third kappa shape index (κ3) is 3.24. The summed E-state index contributed by atoms with van der Waals surface area (Å²) >= 11 is 0. The van der Waals surface area contributed by atoms with E-state index in [0.717, 1.165) is 12.5 Å². The molecule has 3 aliphatic rings. The monoisotopic (exact) mass is 256 g/mol. The smallest absolute Gasteiger partial charge is 0.0492 e. The first kappa shape index (κ1) is 12.9. The van der Waals surface area contributed by atoms with Crippen LogP contribution in [-0.2, 0) is 0 Å². The van der Waals surface area contributed by atoms with Gasteiger partial charge in [-0.25, -0.2) is 0 Å². The third-order valence-electron chi connectivity index (χ3n) is 4.40. The maximum atomic E-state index is 4.44. The predicted octanol–water partition coefficient (Wildman–Crippen LogP) is 3.23. The molecule has 102 valence electrons. The molecule has 0 amide bonds. The van der Waals surface area contributed by atoms with Gasteiger partial charge in [-0.05, 0) is 56.3 Å². The molecule has 0 radical (unpaired) electrons. The van der Waals surface area contributed by atoms with Crippen LogP contribution in [0.5, 0.6) is 0 Å². The second kappa shape index (κ2) is 5.87. The van der Waals surface area contributed by atoms with Crippen molar-refractivity contribution in [3.05, 3.63) is 35.5 Å². The molecule has 0 N–H and O–H groups in total. The Hall–Kier alpha value is -1.15. The molecule has 0 spiro atoms. The van der Waals surface area contributed by atoms with Gasteiger partial charge in [0.05, 0.1) is 0 Å². The zero-order valence-electron chi connectivity index (χ0n) is 11.9. The van der Waals surface area contributed by atoms with Crippen molar-refractivity contribution in [1.82, 2.24) is 4.90 Å². The van der Waals surface area contributed by atoms with Crippen LogP contribution in [0.3, 0.4) is 0 Å². The topological polar surface area (TPSA) is 15.6 Å². The van der Waals surface area contributed by atoms with E-state index in [4.69, 9.17) is 0 Å². The molecule has 1 aliphatic carbocycles. The van der Waals surface area contributed by atoms with Gasteiger partial charge in [-0.3, -0.25) is 4.99 Å². The van der Waals surface area contributed by atoms with Gasteiger partial charge in [-0.2, -0.15) is 0 Å². The molecule has 0 bridgehead atoms. The molecule has 3 rings (SSSR count). The van der Waals surface area contributed by atoms with Gasteiger partial charge >= 0.3 is 0 Å². The Morgan fingerprint density at radius 2 is 2.16 bits per heavy atom. The van der Waals surface area contributed by atoms with Gasteiger partial charge < -0.3 is 4.90 Å². The van der Waals surface area contributed by atoms with Crippen LogP contribution < -0.4 is 0 Å². The van der Waals surface area contributed by atoms with Gasteiger partial charge in [0.2, 0.25) is 0 Å². The second-order valence-electron chi connectivity index (χ2n) is 6.08. The van der Waals surface area contributed by atoms with Crippen LogP contribution in [0.4, 0.5) is 0 Å². The van der Waals surface area contributed by atoms with Crippen molar-refractivity contribution in [3.8, 4) is 0 Å². The Morgan fingerprint density at radius 3 is 2.84 bits per heavy atom. The molecule has 1 saturated heterocycles. The molecule has 0 aromatic heterocycles. The summed E-state index contributed by atoms with van der Waals surface area (Å²) in [6.07, 6.45) is 15.5. The second-order valence-corrected chi connectivity index (χ2v) is 6.08. The van der Waals surface area contributed by atoms with Crippen LogP contribution in [0, 0.1) is 11.8 Å². The van der Waals surface area contributed by atoms with Crippen LogP contribution in [0.15, 0.2) is 40.4 Å². The molecule has 0 aromatic carbocycles. The van der Waals surface area contributed by atoms with Crippen LogP contribution in [0.2, 0.25) is 0 Å². The maximum Gasteiger partial charge on any atom is 0.0492 e. The molecule has 2 aliphatic heterocycles. The van der Waals surface area contributed by atoms with Crippen molar-refractivity contribution in [1.29, 1.82) is 0 Å². The fourth-order valence-corrected chi connectivity index (χ4v) is 3.31. The van der Waals surface area contributed by atoms with E-state index in [1.54, 1.807) is 0 Å². The Kier molecular flexibility index (Phi) is 3.97. The average molecular weight is 256 g/mol. The number of likely N-dealkylation sites (tertiary alicyclic amines) is 1. The Bertz CT molecular complexity index is 436. The third-order valence-corrected chi connectivity index (χ3v) is 4.40. The van der Waals surface area contributed by atoms with Gasteiger partial charge in [-0.15, -0.1) is 0 Å². The number of aliphatic imine (C=N–C) groups is 1. The first-order chi connectivity index (χ1) is 9.31. The fourth-order valence-electron chi connectivity index (χ4n) is 3.31. The summed E-state index contributed by atoms with van der Waals surface area (Å²) < 4.78 is 0. The number of allylic oxidation sites excluding steroid dienone is 3. The van der Waals surface area contributed by atoms with E-state index in [1.165, 1.54) is 50.0 Å². The fraction of sp³-hybridized carbons (Fsp3) is 0.588. The molecular formula is C17H24N2. The van der Waals surface area contributed by atoms with Crippen molar-refractivity contribution < 1.29 is 0 Å². The molecule has 2 nitrogen and oxygen atoms in total. The van der Waals surface area contributed by atoms with Crippen LogP contribution >= 0.6 is 0 Å². The number of dihydropyridines is 1. The molecule has 0 saturated carbocycles. The number of hydrogen-bond donors (Lipinski definition) is 0. The Balaban J connectivity index is 1.55. The molecule has 1 fully saturated rings. The number of rotatable bonds is 3. The first-order valence-electron chi connectivity index (χ1n) is 7.60. The zero-order chi connectivity index (χ0) is 13.1. The Labute approximate surface area is 116 Å². The SMILES string of the molecule is CC1=CC(C2=CCC(CN3CCCC3)C=C2)CN=C1. The highest BCUT2D eigenvalue weighted by Gasteiger charge is 2.19. The highest BCUT2D eigenvalue weighted by Crippen LogP contribution is 2.26. The molecule has 0 aromatic rings. The Morgan fingerprint density at radius 1 is 1.32 bits per heavy atom. The summed E-state index contributed by atoms with van der Waals surface area (Å²) in [7, 11) is 0. The lowest BCUT2D eigenvalue weighted by Crippen LogP contribution is -2.26. The summed E-state index contributed by atoms with van der Waals surface area (Å²) in [5.74, 6) is 1.23. The quantitative estimate of drug-likeness (QED) is 0.757. The van der Waals surface area contributed by atoms with Crippen molar-refractivity contribution in [2.24, 2.45) is 16.8 Å². The minimum absolute atomic E-state index is 0.508. The zero-order valence-corrected chi connectivity index (χ0v) is 11.9. The maximum absolute atomic E-state index is 4.44.